The number of hydrogen-bond donors (Lipinski definition) is 4. The van der Waals surface area contributed by atoms with Crippen molar-refractivity contribution in [2.75, 3.05) is 13.2 Å². The van der Waals surface area contributed by atoms with E-state index in [4.69, 9.17) is 30.7 Å². The summed E-state index contributed by atoms with van der Waals surface area (Å²) in [5.74, 6) is 2.71. The molecule has 3 aromatic carbocycles. The predicted molar refractivity (Wildman–Crippen MR) is 162 cm³/mol. The third-order valence-corrected chi connectivity index (χ3v) is 7.01. The minimum Gasteiger partial charge on any atom is -0.491 e. The zero-order chi connectivity index (χ0) is 30.1. The first-order valence-corrected chi connectivity index (χ1v) is 13.6. The first kappa shape index (κ1) is 27.4. The van der Waals surface area contributed by atoms with Crippen molar-refractivity contribution in [1.29, 1.82) is 0 Å². The molecule has 13 nitrogen and oxygen atoms in total. The van der Waals surface area contributed by atoms with E-state index in [1.54, 1.807) is 19.1 Å². The Balaban J connectivity index is 1.13. The molecule has 3 aromatic heterocycles. The van der Waals surface area contributed by atoms with E-state index >= 15 is 0 Å². The highest BCUT2D eigenvalue weighted by Gasteiger charge is 2.21. The molecule has 0 aliphatic heterocycles. The number of benzene rings is 3. The fraction of sp³-hybridized carbons (Fsp3) is 0.200. The molecule has 3 heterocycles. The second-order valence-corrected chi connectivity index (χ2v) is 10.1. The number of nitrogens with one attached hydrogen (secondary N) is 2. The Hall–Kier alpha value is -5.72. The molecular weight excluding hydrogens is 548 g/mol. The van der Waals surface area contributed by atoms with E-state index in [-0.39, 0.29) is 24.4 Å². The van der Waals surface area contributed by atoms with Crippen LogP contribution < -0.4 is 21.5 Å². The Bertz CT molecular complexity index is 1980. The van der Waals surface area contributed by atoms with Crippen molar-refractivity contribution in [3.63, 3.8) is 0 Å². The maximum Gasteiger partial charge on any atom is 0.261 e. The van der Waals surface area contributed by atoms with Gasteiger partial charge in [-0.25, -0.2) is 15.0 Å². The van der Waals surface area contributed by atoms with Crippen LogP contribution in [0.3, 0.4) is 0 Å². The molecule has 0 saturated heterocycles. The van der Waals surface area contributed by atoms with Crippen LogP contribution in [0, 0.1) is 6.92 Å². The van der Waals surface area contributed by atoms with Crippen LogP contribution in [-0.2, 0) is 7.05 Å². The first-order valence-electron chi connectivity index (χ1n) is 13.6. The van der Waals surface area contributed by atoms with Crippen LogP contribution >= 0.6 is 0 Å². The molecule has 1 atom stereocenters. The van der Waals surface area contributed by atoms with Gasteiger partial charge in [-0.05, 0) is 62.4 Å². The number of aliphatic imine (C=N–C) groups is 1. The van der Waals surface area contributed by atoms with Gasteiger partial charge in [0.15, 0.2) is 11.8 Å². The van der Waals surface area contributed by atoms with Crippen LogP contribution in [0.2, 0.25) is 0 Å². The number of nitrogens with two attached hydrogens (primary N) is 2. The molecule has 0 spiro atoms. The van der Waals surface area contributed by atoms with Crippen LogP contribution in [0.25, 0.3) is 33.5 Å². The third kappa shape index (κ3) is 5.60. The summed E-state index contributed by atoms with van der Waals surface area (Å²) in [5, 5.41) is 6.76. The van der Waals surface area contributed by atoms with Crippen molar-refractivity contribution >= 4 is 39.6 Å². The van der Waals surface area contributed by atoms with Gasteiger partial charge in [0.05, 0.1) is 45.8 Å². The Morgan fingerprint density at radius 1 is 1.09 bits per heavy atom. The van der Waals surface area contributed by atoms with E-state index in [1.165, 1.54) is 0 Å². The van der Waals surface area contributed by atoms with Gasteiger partial charge in [-0.2, -0.15) is 4.98 Å². The van der Waals surface area contributed by atoms with Crippen LogP contribution in [-0.4, -0.2) is 54.7 Å². The summed E-state index contributed by atoms with van der Waals surface area (Å²) in [7, 11) is 1.93. The maximum absolute atomic E-state index is 13.0. The first-order chi connectivity index (χ1) is 20.8. The van der Waals surface area contributed by atoms with Gasteiger partial charge in [-0.3, -0.25) is 4.79 Å². The van der Waals surface area contributed by atoms with Crippen molar-refractivity contribution < 1.29 is 14.1 Å². The van der Waals surface area contributed by atoms with Crippen molar-refractivity contribution in [3.8, 4) is 17.2 Å². The van der Waals surface area contributed by atoms with Gasteiger partial charge in [0, 0.05) is 12.6 Å². The fourth-order valence-corrected chi connectivity index (χ4v) is 4.90. The summed E-state index contributed by atoms with van der Waals surface area (Å²) in [6.07, 6.45) is 0. The lowest BCUT2D eigenvalue weighted by Crippen LogP contribution is -2.28. The number of imidazole rings is 2. The number of ether oxygens (including phenoxy) is 1. The van der Waals surface area contributed by atoms with E-state index in [1.807, 2.05) is 67.1 Å². The number of guanidine groups is 1. The quantitative estimate of drug-likeness (QED) is 0.113. The molecule has 6 aromatic rings. The predicted octanol–water partition coefficient (Wildman–Crippen LogP) is 3.67. The average molecular weight is 579 g/mol. The smallest absolute Gasteiger partial charge is 0.261 e. The van der Waals surface area contributed by atoms with Crippen molar-refractivity contribution in [3.05, 3.63) is 83.7 Å². The molecule has 43 heavy (non-hydrogen) atoms. The summed E-state index contributed by atoms with van der Waals surface area (Å²) in [5.41, 5.74) is 16.1. The van der Waals surface area contributed by atoms with Crippen LogP contribution in [0.1, 0.15) is 40.7 Å². The topological polar surface area (TPSA) is 188 Å². The molecule has 0 radical (unpaired) electrons. The molecule has 0 aliphatic carbocycles. The molecule has 0 aliphatic rings. The van der Waals surface area contributed by atoms with Crippen LogP contribution in [0.15, 0.2) is 70.2 Å². The van der Waals surface area contributed by atoms with E-state index in [2.05, 4.69) is 25.4 Å². The molecule has 6 rings (SSSR count). The average Bonchev–Trinajstić information content (AvgIpc) is 3.71. The fourth-order valence-electron chi connectivity index (χ4n) is 4.90. The zero-order valence-electron chi connectivity index (χ0n) is 23.8. The van der Waals surface area contributed by atoms with Gasteiger partial charge < -0.3 is 35.6 Å². The molecule has 0 bridgehead atoms. The zero-order valence-corrected chi connectivity index (χ0v) is 23.8. The van der Waals surface area contributed by atoms with Gasteiger partial charge in [-0.1, -0.05) is 17.3 Å². The summed E-state index contributed by atoms with van der Waals surface area (Å²) in [4.78, 5) is 34.3. The lowest BCUT2D eigenvalue weighted by Gasteiger charge is -2.10. The number of nitrogens with zero attached hydrogens (tertiary/aromatic N) is 6. The third-order valence-electron chi connectivity index (χ3n) is 7.01. The van der Waals surface area contributed by atoms with Gasteiger partial charge in [0.25, 0.3) is 11.8 Å². The monoisotopic (exact) mass is 578 g/mol. The van der Waals surface area contributed by atoms with E-state index in [0.29, 0.717) is 40.8 Å². The normalized spacial score (nSPS) is 12.0. The van der Waals surface area contributed by atoms with Gasteiger partial charge in [-0.15, -0.1) is 0 Å². The van der Waals surface area contributed by atoms with Crippen molar-refractivity contribution in [2.24, 2.45) is 23.5 Å². The number of amides is 1. The lowest BCUT2D eigenvalue weighted by molar-refractivity contribution is 0.0947. The summed E-state index contributed by atoms with van der Waals surface area (Å²) < 4.78 is 13.2. The van der Waals surface area contributed by atoms with E-state index in [9.17, 15) is 4.79 Å². The number of para-hydroxylation sites is 1. The highest BCUT2D eigenvalue weighted by Crippen LogP contribution is 2.29. The number of carbonyl (C=O) groups excluding carboxylic acids is 1. The van der Waals surface area contributed by atoms with E-state index in [0.717, 1.165) is 33.7 Å². The highest BCUT2D eigenvalue weighted by atomic mass is 16.5. The number of rotatable bonds is 9. The lowest BCUT2D eigenvalue weighted by atomic mass is 10.1. The largest absolute Gasteiger partial charge is 0.491 e. The Morgan fingerprint density at radius 2 is 1.91 bits per heavy atom. The Kier molecular flexibility index (Phi) is 7.20. The second-order valence-electron chi connectivity index (χ2n) is 10.1. The molecule has 1 amide bonds. The van der Waals surface area contributed by atoms with Gasteiger partial charge in [0.2, 0.25) is 0 Å². The Morgan fingerprint density at radius 3 is 2.70 bits per heavy atom. The van der Waals surface area contributed by atoms with Crippen molar-refractivity contribution in [1.82, 2.24) is 35.0 Å². The molecule has 6 N–H and O–H groups in total. The van der Waals surface area contributed by atoms with Gasteiger partial charge in [0.1, 0.15) is 24.0 Å². The molecule has 1 unspecified atom stereocenters. The van der Waals surface area contributed by atoms with E-state index < -0.39 is 0 Å². The number of fused-ring (bicyclic) bond motifs is 2. The SMILES string of the molecule is Cc1noc(-c2ccccc2OCCNC(=O)c2ccc3nc(C(C)c4nc5ccc(N=C(N)N)cc5[nH]4)n(C)c3c2)n1. The number of H-pyrrole nitrogens is 1. The number of aromatic nitrogens is 6. The molecule has 0 saturated carbocycles. The van der Waals surface area contributed by atoms with Crippen LogP contribution in [0.5, 0.6) is 5.75 Å². The molecule has 13 heteroatoms. The summed E-state index contributed by atoms with van der Waals surface area (Å²) >= 11 is 0. The minimum atomic E-state index is -0.212. The minimum absolute atomic E-state index is 0.00814. The molecule has 0 fully saturated rings. The number of aromatic amines is 1. The van der Waals surface area contributed by atoms with Crippen LogP contribution in [0.4, 0.5) is 5.69 Å². The van der Waals surface area contributed by atoms with Crippen molar-refractivity contribution in [2.45, 2.75) is 19.8 Å². The highest BCUT2D eigenvalue weighted by molar-refractivity contribution is 5.97. The number of hydrogen-bond acceptors (Lipinski definition) is 8. The second kappa shape index (κ2) is 11.3. The maximum atomic E-state index is 13.0. The number of aryl methyl sites for hydroxylation is 2. The Labute approximate surface area is 246 Å². The van der Waals surface area contributed by atoms with Gasteiger partial charge >= 0.3 is 0 Å². The number of carbonyl (C=O) groups is 1. The summed E-state index contributed by atoms with van der Waals surface area (Å²) in [6.45, 7) is 4.35. The summed E-state index contributed by atoms with van der Waals surface area (Å²) in [6, 6.07) is 18.4. The standard InChI is InChI=1S/C30H30N10O3/c1-16(26-36-21-11-9-19(35-30(31)32)15-23(21)37-26)27-38-22-10-8-18(14-24(22)40(27)3)28(41)33-12-13-42-25-7-5-4-6-20(25)29-34-17(2)39-43-29/h4-11,14-16H,12-13H2,1-3H3,(H,33,41)(H,36,37)(H4,31,32,35). The molecule has 218 valence electrons. The molecular formula is C30H30N10O3.